The summed E-state index contributed by atoms with van der Waals surface area (Å²) in [6.45, 7) is 10.5. The number of amides is 1. The third-order valence-corrected chi connectivity index (χ3v) is 3.93. The van der Waals surface area contributed by atoms with Gasteiger partial charge in [-0.3, -0.25) is 14.6 Å². The van der Waals surface area contributed by atoms with Gasteiger partial charge in [-0.15, -0.1) is 24.0 Å². The summed E-state index contributed by atoms with van der Waals surface area (Å²) < 4.78 is 5.13. The minimum absolute atomic E-state index is 0. The molecule has 1 unspecified atom stereocenters. The molecule has 0 aliphatic carbocycles. The summed E-state index contributed by atoms with van der Waals surface area (Å²) in [7, 11) is 1.73. The Hall–Kier alpha value is -1.06. The molecule has 1 saturated heterocycles. The Morgan fingerprint density at radius 3 is 2.44 bits per heavy atom. The minimum Gasteiger partial charge on any atom is -0.466 e. The van der Waals surface area contributed by atoms with Gasteiger partial charge in [-0.2, -0.15) is 0 Å². The second-order valence-corrected chi connectivity index (χ2v) is 7.02. The van der Waals surface area contributed by atoms with Crippen molar-refractivity contribution in [3.05, 3.63) is 0 Å². The summed E-state index contributed by atoms with van der Waals surface area (Å²) in [6, 6.07) is 0. The molecule has 25 heavy (non-hydrogen) atoms. The predicted octanol–water partition coefficient (Wildman–Crippen LogP) is 1.62. The van der Waals surface area contributed by atoms with Crippen molar-refractivity contribution in [1.29, 1.82) is 0 Å². The number of esters is 1. The van der Waals surface area contributed by atoms with E-state index < -0.39 is 0 Å². The number of halogens is 1. The molecule has 1 atom stereocenters. The smallest absolute Gasteiger partial charge is 0.310 e. The van der Waals surface area contributed by atoms with Gasteiger partial charge in [0.05, 0.1) is 12.5 Å². The zero-order chi connectivity index (χ0) is 18.2. The zero-order valence-corrected chi connectivity index (χ0v) is 18.4. The molecule has 1 aliphatic heterocycles. The van der Waals surface area contributed by atoms with Gasteiger partial charge in [-0.25, -0.2) is 0 Å². The van der Waals surface area contributed by atoms with Crippen molar-refractivity contribution >= 4 is 41.8 Å². The van der Waals surface area contributed by atoms with Gasteiger partial charge in [0.25, 0.3) is 0 Å². The van der Waals surface area contributed by atoms with Gasteiger partial charge in [0.2, 0.25) is 5.91 Å². The maximum Gasteiger partial charge on any atom is 0.310 e. The standard InChI is InChI=1S/C17H32N4O3.HI/c1-6-24-14(22)13-8-7-11-21(12-13)16(18-5)20-10-9-19-15(23)17(2,3)4;/h13H,6-12H2,1-5H3,(H,18,20)(H,19,23);1H. The first kappa shape index (κ1) is 23.9. The van der Waals surface area contributed by atoms with Gasteiger partial charge in [0.1, 0.15) is 0 Å². The average molecular weight is 468 g/mol. The van der Waals surface area contributed by atoms with E-state index in [1.165, 1.54) is 0 Å². The van der Waals surface area contributed by atoms with Crippen LogP contribution < -0.4 is 10.6 Å². The van der Waals surface area contributed by atoms with Crippen LogP contribution in [-0.2, 0) is 14.3 Å². The van der Waals surface area contributed by atoms with Crippen LogP contribution in [0.15, 0.2) is 4.99 Å². The van der Waals surface area contributed by atoms with E-state index in [1.807, 2.05) is 27.7 Å². The predicted molar refractivity (Wildman–Crippen MR) is 110 cm³/mol. The van der Waals surface area contributed by atoms with Crippen molar-refractivity contribution in [1.82, 2.24) is 15.5 Å². The SMILES string of the molecule is CCOC(=O)C1CCCN(C(=NC)NCCNC(=O)C(C)(C)C)C1.I. The number of nitrogens with one attached hydrogen (secondary N) is 2. The van der Waals surface area contributed by atoms with E-state index in [9.17, 15) is 9.59 Å². The number of carbonyl (C=O) groups is 2. The van der Waals surface area contributed by atoms with Crippen LogP contribution in [0, 0.1) is 11.3 Å². The van der Waals surface area contributed by atoms with Crippen molar-refractivity contribution < 1.29 is 14.3 Å². The van der Waals surface area contributed by atoms with Crippen LogP contribution in [-0.4, -0.2) is 62.6 Å². The number of hydrogen-bond donors (Lipinski definition) is 2. The van der Waals surface area contributed by atoms with E-state index in [1.54, 1.807) is 7.05 Å². The molecule has 1 heterocycles. The molecule has 1 amide bonds. The molecule has 0 spiro atoms. The zero-order valence-electron chi connectivity index (χ0n) is 16.1. The molecule has 1 fully saturated rings. The summed E-state index contributed by atoms with van der Waals surface area (Å²) in [5.74, 6) is 0.557. The van der Waals surface area contributed by atoms with Gasteiger partial charge in [0.15, 0.2) is 5.96 Å². The van der Waals surface area contributed by atoms with E-state index >= 15 is 0 Å². The molecule has 0 aromatic heterocycles. The Morgan fingerprint density at radius 1 is 1.24 bits per heavy atom. The number of aliphatic imine (C=N–C) groups is 1. The van der Waals surface area contributed by atoms with E-state index in [2.05, 4.69) is 20.5 Å². The highest BCUT2D eigenvalue weighted by Gasteiger charge is 2.28. The molecular formula is C17H33IN4O3. The summed E-state index contributed by atoms with van der Waals surface area (Å²) in [5, 5.41) is 6.15. The molecule has 7 nitrogen and oxygen atoms in total. The Morgan fingerprint density at radius 2 is 1.88 bits per heavy atom. The lowest BCUT2D eigenvalue weighted by molar-refractivity contribution is -0.149. The molecule has 1 aliphatic rings. The molecule has 8 heteroatoms. The van der Waals surface area contributed by atoms with E-state index in [0.29, 0.717) is 26.2 Å². The number of guanidine groups is 1. The van der Waals surface area contributed by atoms with Crippen molar-refractivity contribution in [3.63, 3.8) is 0 Å². The highest BCUT2D eigenvalue weighted by molar-refractivity contribution is 14.0. The highest BCUT2D eigenvalue weighted by Crippen LogP contribution is 2.18. The number of rotatable bonds is 5. The van der Waals surface area contributed by atoms with Gasteiger partial charge >= 0.3 is 5.97 Å². The van der Waals surface area contributed by atoms with Crippen molar-refractivity contribution in [3.8, 4) is 0 Å². The number of piperidine rings is 1. The molecule has 0 aromatic rings. The average Bonchev–Trinajstić information content (AvgIpc) is 2.54. The number of likely N-dealkylation sites (tertiary alicyclic amines) is 1. The lowest BCUT2D eigenvalue weighted by atomic mass is 9.96. The van der Waals surface area contributed by atoms with Crippen LogP contribution in [0.5, 0.6) is 0 Å². The second-order valence-electron chi connectivity index (χ2n) is 7.02. The first-order valence-electron chi connectivity index (χ1n) is 8.70. The Balaban J connectivity index is 0.00000576. The molecule has 0 aromatic carbocycles. The Kier molecular flexibility index (Phi) is 11.0. The van der Waals surface area contributed by atoms with Crippen molar-refractivity contribution in [2.45, 2.75) is 40.5 Å². The fourth-order valence-corrected chi connectivity index (χ4v) is 2.57. The number of nitrogens with zero attached hydrogens (tertiary/aromatic N) is 2. The largest absolute Gasteiger partial charge is 0.466 e. The lowest BCUT2D eigenvalue weighted by Gasteiger charge is -2.34. The third kappa shape index (κ3) is 8.24. The van der Waals surface area contributed by atoms with Crippen LogP contribution in [0.1, 0.15) is 40.5 Å². The Bertz CT molecular complexity index is 463. The first-order chi connectivity index (χ1) is 11.3. The van der Waals surface area contributed by atoms with Crippen LogP contribution in [0.25, 0.3) is 0 Å². The third-order valence-electron chi connectivity index (χ3n) is 3.93. The summed E-state index contributed by atoms with van der Waals surface area (Å²) in [5.41, 5.74) is -0.387. The molecule has 2 N–H and O–H groups in total. The van der Waals surface area contributed by atoms with E-state index in [-0.39, 0.29) is 47.2 Å². The first-order valence-corrected chi connectivity index (χ1v) is 8.70. The van der Waals surface area contributed by atoms with Gasteiger partial charge in [-0.1, -0.05) is 20.8 Å². The monoisotopic (exact) mass is 468 g/mol. The van der Waals surface area contributed by atoms with Crippen LogP contribution >= 0.6 is 24.0 Å². The highest BCUT2D eigenvalue weighted by atomic mass is 127. The van der Waals surface area contributed by atoms with Crippen LogP contribution in [0.3, 0.4) is 0 Å². The van der Waals surface area contributed by atoms with E-state index in [4.69, 9.17) is 4.74 Å². The lowest BCUT2D eigenvalue weighted by Crippen LogP contribution is -2.50. The summed E-state index contributed by atoms with van der Waals surface area (Å²) in [4.78, 5) is 30.1. The normalized spacial score (nSPS) is 18.2. The molecule has 146 valence electrons. The van der Waals surface area contributed by atoms with Gasteiger partial charge in [0, 0.05) is 38.6 Å². The van der Waals surface area contributed by atoms with Crippen molar-refractivity contribution in [2.24, 2.45) is 16.3 Å². The quantitative estimate of drug-likeness (QED) is 0.211. The van der Waals surface area contributed by atoms with Crippen molar-refractivity contribution in [2.75, 3.05) is 39.8 Å². The maximum absolute atomic E-state index is 11.9. The minimum atomic E-state index is -0.387. The van der Waals surface area contributed by atoms with Crippen LogP contribution in [0.2, 0.25) is 0 Å². The van der Waals surface area contributed by atoms with Gasteiger partial charge in [-0.05, 0) is 19.8 Å². The topological polar surface area (TPSA) is 83.0 Å². The molecule has 0 saturated carbocycles. The van der Waals surface area contributed by atoms with E-state index in [0.717, 1.165) is 25.3 Å². The van der Waals surface area contributed by atoms with Crippen LogP contribution in [0.4, 0.5) is 0 Å². The molecule has 0 radical (unpaired) electrons. The number of ether oxygens (including phenoxy) is 1. The number of hydrogen-bond acceptors (Lipinski definition) is 4. The van der Waals surface area contributed by atoms with Gasteiger partial charge < -0.3 is 20.3 Å². The Labute approximate surface area is 168 Å². The second kappa shape index (κ2) is 11.5. The fourth-order valence-electron chi connectivity index (χ4n) is 2.57. The maximum atomic E-state index is 11.9. The molecule has 1 rings (SSSR count). The summed E-state index contributed by atoms with van der Waals surface area (Å²) in [6.07, 6.45) is 1.79. The summed E-state index contributed by atoms with van der Waals surface area (Å²) >= 11 is 0. The number of carbonyl (C=O) groups excluding carboxylic acids is 2. The molecular weight excluding hydrogens is 435 g/mol. The molecule has 0 bridgehead atoms. The fraction of sp³-hybridized carbons (Fsp3) is 0.824.